The van der Waals surface area contributed by atoms with E-state index in [0.717, 1.165) is 5.56 Å². The maximum Gasteiger partial charge on any atom is 0.295 e. The number of ketones is 1. The number of benzene rings is 2. The molecule has 1 N–H and O–H groups in total. The summed E-state index contributed by atoms with van der Waals surface area (Å²) in [6, 6.07) is 15.1. The number of Topliss-reactive ketones (excluding diaryl/α,β-unsaturated/α-hetero) is 1. The second-order valence-corrected chi connectivity index (χ2v) is 8.14. The molecule has 1 aliphatic rings. The van der Waals surface area contributed by atoms with Crippen LogP contribution in [0, 0.1) is 6.92 Å². The molecular formula is C28H26N2O5. The van der Waals surface area contributed by atoms with Crippen molar-refractivity contribution in [3.8, 4) is 11.5 Å². The van der Waals surface area contributed by atoms with Gasteiger partial charge in [0.2, 0.25) is 0 Å². The molecule has 1 aromatic heterocycles. The number of likely N-dealkylation sites (tertiary alicyclic amines) is 1. The van der Waals surface area contributed by atoms with Crippen molar-refractivity contribution in [3.05, 3.63) is 107 Å². The van der Waals surface area contributed by atoms with Crippen LogP contribution in [0.3, 0.4) is 0 Å². The van der Waals surface area contributed by atoms with Gasteiger partial charge < -0.3 is 19.5 Å². The normalized spacial score (nSPS) is 16.9. The molecule has 0 spiro atoms. The van der Waals surface area contributed by atoms with Crippen molar-refractivity contribution in [1.82, 2.24) is 9.88 Å². The predicted molar refractivity (Wildman–Crippen MR) is 132 cm³/mol. The van der Waals surface area contributed by atoms with Crippen LogP contribution in [0.5, 0.6) is 11.5 Å². The number of ether oxygens (including phenoxy) is 2. The summed E-state index contributed by atoms with van der Waals surface area (Å²) in [6.07, 6.45) is 4.93. The Balaban J connectivity index is 1.82. The van der Waals surface area contributed by atoms with Gasteiger partial charge in [-0.05, 0) is 60.0 Å². The minimum absolute atomic E-state index is 0.0342. The number of hydrogen-bond donors (Lipinski definition) is 1. The maximum atomic E-state index is 13.3. The minimum Gasteiger partial charge on any atom is -0.507 e. The summed E-state index contributed by atoms with van der Waals surface area (Å²) in [5, 5.41) is 11.4. The zero-order valence-corrected chi connectivity index (χ0v) is 19.6. The second-order valence-electron chi connectivity index (χ2n) is 8.14. The lowest BCUT2D eigenvalue weighted by atomic mass is 9.93. The summed E-state index contributed by atoms with van der Waals surface area (Å²) < 4.78 is 10.8. The topological polar surface area (TPSA) is 89.0 Å². The molecule has 1 amide bonds. The van der Waals surface area contributed by atoms with Gasteiger partial charge >= 0.3 is 0 Å². The summed E-state index contributed by atoms with van der Waals surface area (Å²) >= 11 is 0. The van der Waals surface area contributed by atoms with Crippen LogP contribution in [-0.2, 0) is 16.1 Å². The quantitative estimate of drug-likeness (QED) is 0.224. The fourth-order valence-electron chi connectivity index (χ4n) is 4.16. The molecule has 2 aromatic carbocycles. The van der Waals surface area contributed by atoms with Gasteiger partial charge in [0.25, 0.3) is 11.7 Å². The number of aliphatic hydroxyl groups excluding tert-OH is 1. The molecule has 1 aliphatic heterocycles. The number of pyridine rings is 1. The van der Waals surface area contributed by atoms with Crippen molar-refractivity contribution in [2.75, 3.05) is 13.7 Å². The van der Waals surface area contributed by atoms with Crippen molar-refractivity contribution in [3.63, 3.8) is 0 Å². The number of carbonyl (C=O) groups is 2. The number of rotatable bonds is 8. The third-order valence-electron chi connectivity index (χ3n) is 5.87. The molecule has 0 bridgehead atoms. The largest absolute Gasteiger partial charge is 0.507 e. The summed E-state index contributed by atoms with van der Waals surface area (Å²) in [4.78, 5) is 32.0. The zero-order chi connectivity index (χ0) is 24.9. The fraction of sp³-hybridized carbons (Fsp3) is 0.179. The van der Waals surface area contributed by atoms with Crippen molar-refractivity contribution < 1.29 is 24.2 Å². The molecular weight excluding hydrogens is 444 g/mol. The van der Waals surface area contributed by atoms with Crippen LogP contribution in [0.15, 0.2) is 85.2 Å². The first-order valence-corrected chi connectivity index (χ1v) is 11.1. The van der Waals surface area contributed by atoms with Gasteiger partial charge in [-0.15, -0.1) is 0 Å². The van der Waals surface area contributed by atoms with Gasteiger partial charge in [0, 0.05) is 24.5 Å². The lowest BCUT2D eigenvalue weighted by molar-refractivity contribution is -0.140. The average Bonchev–Trinajstić information content (AvgIpc) is 3.12. The number of nitrogens with zero attached hydrogens (tertiary/aromatic N) is 2. The minimum atomic E-state index is -0.780. The smallest absolute Gasteiger partial charge is 0.295 e. The number of amides is 1. The van der Waals surface area contributed by atoms with Gasteiger partial charge in [-0.25, -0.2) is 0 Å². The van der Waals surface area contributed by atoms with Crippen molar-refractivity contribution in [2.24, 2.45) is 0 Å². The van der Waals surface area contributed by atoms with E-state index in [9.17, 15) is 14.7 Å². The Bertz CT molecular complexity index is 1280. The van der Waals surface area contributed by atoms with Crippen LogP contribution in [0.2, 0.25) is 0 Å². The highest BCUT2D eigenvalue weighted by Crippen LogP contribution is 2.41. The average molecular weight is 471 g/mol. The first kappa shape index (κ1) is 23.8. The number of aromatic nitrogens is 1. The Morgan fingerprint density at radius 3 is 2.51 bits per heavy atom. The second kappa shape index (κ2) is 10.3. The maximum absolute atomic E-state index is 13.3. The van der Waals surface area contributed by atoms with Gasteiger partial charge in [0.05, 0.1) is 18.7 Å². The van der Waals surface area contributed by atoms with E-state index < -0.39 is 17.7 Å². The van der Waals surface area contributed by atoms with Crippen LogP contribution in [0.4, 0.5) is 0 Å². The van der Waals surface area contributed by atoms with E-state index in [1.165, 1.54) is 4.90 Å². The molecule has 3 aromatic rings. The van der Waals surface area contributed by atoms with Crippen LogP contribution in [0.25, 0.3) is 5.76 Å². The molecule has 35 heavy (non-hydrogen) atoms. The first-order chi connectivity index (χ1) is 16.9. The molecule has 0 aliphatic carbocycles. The van der Waals surface area contributed by atoms with E-state index in [2.05, 4.69) is 11.6 Å². The zero-order valence-electron chi connectivity index (χ0n) is 19.6. The lowest BCUT2D eigenvalue weighted by Gasteiger charge is -2.25. The number of methoxy groups -OCH3 is 1. The Kier molecular flexibility index (Phi) is 6.96. The Labute approximate surface area is 203 Å². The van der Waals surface area contributed by atoms with E-state index >= 15 is 0 Å². The van der Waals surface area contributed by atoms with E-state index in [0.29, 0.717) is 34.8 Å². The third kappa shape index (κ3) is 4.80. The number of hydrogen-bond acceptors (Lipinski definition) is 6. The molecule has 0 radical (unpaired) electrons. The van der Waals surface area contributed by atoms with E-state index in [1.54, 1.807) is 74.1 Å². The fourth-order valence-corrected chi connectivity index (χ4v) is 4.16. The molecule has 1 atom stereocenters. The highest BCUT2D eigenvalue weighted by molar-refractivity contribution is 6.46. The van der Waals surface area contributed by atoms with Crippen LogP contribution in [0.1, 0.15) is 28.3 Å². The third-order valence-corrected chi connectivity index (χ3v) is 5.87. The Hall–Kier alpha value is -4.39. The van der Waals surface area contributed by atoms with Gasteiger partial charge in [0.15, 0.2) is 0 Å². The van der Waals surface area contributed by atoms with Gasteiger partial charge in [0.1, 0.15) is 23.9 Å². The summed E-state index contributed by atoms with van der Waals surface area (Å²) in [7, 11) is 1.56. The van der Waals surface area contributed by atoms with Gasteiger partial charge in [-0.3, -0.25) is 14.6 Å². The molecule has 0 unspecified atom stereocenters. The predicted octanol–water partition coefficient (Wildman–Crippen LogP) is 4.59. The Morgan fingerprint density at radius 1 is 1.14 bits per heavy atom. The molecule has 2 heterocycles. The monoisotopic (exact) mass is 470 g/mol. The molecule has 7 nitrogen and oxygen atoms in total. The van der Waals surface area contributed by atoms with Crippen molar-refractivity contribution >= 4 is 17.4 Å². The number of aliphatic hydroxyl groups is 1. The molecule has 178 valence electrons. The van der Waals surface area contributed by atoms with Gasteiger partial charge in [-0.1, -0.05) is 30.9 Å². The molecule has 1 saturated heterocycles. The van der Waals surface area contributed by atoms with Gasteiger partial charge in [-0.2, -0.15) is 0 Å². The summed E-state index contributed by atoms with van der Waals surface area (Å²) in [5.74, 6) is -0.393. The van der Waals surface area contributed by atoms with E-state index in [-0.39, 0.29) is 17.9 Å². The molecule has 7 heteroatoms. The summed E-state index contributed by atoms with van der Waals surface area (Å²) in [5.41, 5.74) is 2.64. The molecule has 0 saturated carbocycles. The number of carbonyl (C=O) groups excluding carboxylic acids is 2. The molecule has 4 rings (SSSR count). The lowest BCUT2D eigenvalue weighted by Crippen LogP contribution is -2.29. The highest BCUT2D eigenvalue weighted by atomic mass is 16.5. The van der Waals surface area contributed by atoms with E-state index in [1.807, 2.05) is 13.0 Å². The summed E-state index contributed by atoms with van der Waals surface area (Å²) in [6.45, 7) is 5.96. The van der Waals surface area contributed by atoms with Crippen molar-refractivity contribution in [1.29, 1.82) is 0 Å². The Morgan fingerprint density at radius 2 is 1.89 bits per heavy atom. The number of aryl methyl sites for hydroxylation is 1. The first-order valence-electron chi connectivity index (χ1n) is 11.1. The van der Waals surface area contributed by atoms with E-state index in [4.69, 9.17) is 9.47 Å². The van der Waals surface area contributed by atoms with Crippen molar-refractivity contribution in [2.45, 2.75) is 19.5 Å². The SMILES string of the molecule is C=CCOc1ccc(C(O)=C2C(=O)C(=O)N(Cc3cccnc3)[C@H]2c2ccc(OC)cc2)c(C)c1. The van der Waals surface area contributed by atoms with Crippen LogP contribution in [-0.4, -0.2) is 40.4 Å². The standard InChI is InChI=1S/C28H26N2O5/c1-4-14-35-22-11-12-23(18(2)15-22)26(31)24-25(20-7-9-21(34-3)10-8-20)30(28(33)27(24)32)17-19-6-5-13-29-16-19/h4-13,15-16,25,31H,1,14,17H2,2-3H3/t25-/m0/s1. The van der Waals surface area contributed by atoms with Crippen LogP contribution >= 0.6 is 0 Å². The molecule has 1 fully saturated rings. The highest BCUT2D eigenvalue weighted by Gasteiger charge is 2.46. The van der Waals surface area contributed by atoms with Crippen LogP contribution < -0.4 is 9.47 Å².